The summed E-state index contributed by atoms with van der Waals surface area (Å²) in [6.07, 6.45) is 1.17. The molecule has 0 atom stereocenters. The molecule has 0 unspecified atom stereocenters. The van der Waals surface area contributed by atoms with Crippen LogP contribution in [0.2, 0.25) is 0 Å². The van der Waals surface area contributed by atoms with Crippen molar-refractivity contribution in [1.29, 1.82) is 0 Å². The normalized spacial score (nSPS) is 10.2. The minimum absolute atomic E-state index is 0.217. The third-order valence-corrected chi connectivity index (χ3v) is 2.03. The van der Waals surface area contributed by atoms with Gasteiger partial charge in [-0.3, -0.25) is 4.79 Å². The third-order valence-electron chi connectivity index (χ3n) is 2.03. The number of amides is 1. The van der Waals surface area contributed by atoms with E-state index in [1.807, 2.05) is 6.92 Å². The van der Waals surface area contributed by atoms with E-state index in [0.29, 0.717) is 18.9 Å². The van der Waals surface area contributed by atoms with Gasteiger partial charge in [0.05, 0.1) is 13.0 Å². The van der Waals surface area contributed by atoms with Gasteiger partial charge < -0.3 is 15.8 Å². The number of ether oxygens (including phenoxy) is 1. The number of rotatable bonds is 6. The lowest BCUT2D eigenvalue weighted by molar-refractivity contribution is -0.117. The molecule has 4 nitrogen and oxygen atoms in total. The molecule has 3 N–H and O–H groups in total. The second-order valence-electron chi connectivity index (χ2n) is 3.68. The van der Waals surface area contributed by atoms with E-state index in [4.69, 9.17) is 10.5 Å². The van der Waals surface area contributed by atoms with Crippen LogP contribution in [-0.2, 0) is 9.53 Å². The molecule has 1 aromatic rings. The summed E-state index contributed by atoms with van der Waals surface area (Å²) >= 11 is 0. The van der Waals surface area contributed by atoms with Crippen molar-refractivity contribution >= 4 is 17.3 Å². The fourth-order valence-corrected chi connectivity index (χ4v) is 1.32. The highest BCUT2D eigenvalue weighted by Gasteiger charge is 2.04. The first kappa shape index (κ1) is 13.4. The van der Waals surface area contributed by atoms with E-state index in [2.05, 4.69) is 5.32 Å². The smallest absolute Gasteiger partial charge is 0.226 e. The molecule has 0 aliphatic rings. The van der Waals surface area contributed by atoms with Crippen molar-refractivity contribution in [1.82, 2.24) is 0 Å². The highest BCUT2D eigenvalue weighted by Crippen LogP contribution is 2.15. The first-order chi connectivity index (χ1) is 8.11. The van der Waals surface area contributed by atoms with Gasteiger partial charge >= 0.3 is 0 Å². The molecule has 0 saturated carbocycles. The van der Waals surface area contributed by atoms with Gasteiger partial charge in [0.2, 0.25) is 5.91 Å². The van der Waals surface area contributed by atoms with Crippen LogP contribution in [0.3, 0.4) is 0 Å². The summed E-state index contributed by atoms with van der Waals surface area (Å²) in [5.74, 6) is -0.686. The number of carbonyl (C=O) groups excluding carboxylic acids is 1. The fraction of sp³-hybridized carbons (Fsp3) is 0.417. The first-order valence-corrected chi connectivity index (χ1v) is 5.55. The summed E-state index contributed by atoms with van der Waals surface area (Å²) < 4.78 is 18.2. The maximum absolute atomic E-state index is 13.0. The van der Waals surface area contributed by atoms with Gasteiger partial charge in [0.15, 0.2) is 0 Å². The summed E-state index contributed by atoms with van der Waals surface area (Å²) in [7, 11) is 0. The lowest BCUT2D eigenvalue weighted by Crippen LogP contribution is -2.14. The average Bonchev–Trinajstić information content (AvgIpc) is 2.23. The second-order valence-corrected chi connectivity index (χ2v) is 3.68. The molecule has 0 spiro atoms. The Balaban J connectivity index is 2.39. The molecule has 0 aliphatic carbocycles. The van der Waals surface area contributed by atoms with Crippen LogP contribution in [0.25, 0.3) is 0 Å². The predicted octanol–water partition coefficient (Wildman–Crippen LogP) is 2.16. The third kappa shape index (κ3) is 5.31. The number of nitrogens with one attached hydrogen (secondary N) is 1. The van der Waals surface area contributed by atoms with Gasteiger partial charge in [0, 0.05) is 18.0 Å². The zero-order valence-electron chi connectivity index (χ0n) is 9.83. The molecule has 0 radical (unpaired) electrons. The minimum Gasteiger partial charge on any atom is -0.399 e. The monoisotopic (exact) mass is 240 g/mol. The van der Waals surface area contributed by atoms with E-state index >= 15 is 0 Å². The van der Waals surface area contributed by atoms with Crippen LogP contribution in [0.15, 0.2) is 18.2 Å². The average molecular weight is 240 g/mol. The summed E-state index contributed by atoms with van der Waals surface area (Å²) in [6, 6.07) is 3.93. The molecule has 5 heteroatoms. The van der Waals surface area contributed by atoms with Crippen molar-refractivity contribution in [2.24, 2.45) is 0 Å². The molecule has 0 saturated heterocycles. The van der Waals surface area contributed by atoms with E-state index in [-0.39, 0.29) is 18.0 Å². The van der Waals surface area contributed by atoms with Gasteiger partial charge in [-0.2, -0.15) is 0 Å². The van der Waals surface area contributed by atoms with Crippen LogP contribution in [0.1, 0.15) is 19.8 Å². The van der Waals surface area contributed by atoms with Crippen LogP contribution in [0, 0.1) is 5.82 Å². The summed E-state index contributed by atoms with van der Waals surface area (Å²) in [5.41, 5.74) is 6.10. The Hall–Kier alpha value is -1.62. The molecular formula is C12H17FN2O2. The lowest BCUT2D eigenvalue weighted by Gasteiger charge is -2.06. The molecule has 0 bridgehead atoms. The van der Waals surface area contributed by atoms with Crippen LogP contribution in [0.5, 0.6) is 0 Å². The van der Waals surface area contributed by atoms with Crippen molar-refractivity contribution in [2.75, 3.05) is 24.3 Å². The molecule has 1 amide bonds. The number of carbonyl (C=O) groups is 1. The van der Waals surface area contributed by atoms with E-state index in [9.17, 15) is 9.18 Å². The van der Waals surface area contributed by atoms with E-state index in [1.165, 1.54) is 18.2 Å². The molecule has 1 aromatic carbocycles. The van der Waals surface area contributed by atoms with E-state index < -0.39 is 5.82 Å². The predicted molar refractivity (Wildman–Crippen MR) is 65.2 cm³/mol. The Morgan fingerprint density at radius 2 is 2.18 bits per heavy atom. The highest BCUT2D eigenvalue weighted by atomic mass is 19.1. The summed E-state index contributed by atoms with van der Waals surface area (Å²) in [4.78, 5) is 11.4. The van der Waals surface area contributed by atoms with E-state index in [0.717, 1.165) is 6.42 Å². The van der Waals surface area contributed by atoms with Crippen molar-refractivity contribution < 1.29 is 13.9 Å². The molecule has 17 heavy (non-hydrogen) atoms. The summed E-state index contributed by atoms with van der Waals surface area (Å²) in [5, 5.41) is 2.56. The highest BCUT2D eigenvalue weighted by molar-refractivity contribution is 5.91. The largest absolute Gasteiger partial charge is 0.399 e. The van der Waals surface area contributed by atoms with Crippen LogP contribution >= 0.6 is 0 Å². The van der Waals surface area contributed by atoms with Crippen molar-refractivity contribution in [3.63, 3.8) is 0 Å². The minimum atomic E-state index is -0.470. The maximum atomic E-state index is 13.0. The van der Waals surface area contributed by atoms with Gasteiger partial charge in [-0.1, -0.05) is 6.92 Å². The van der Waals surface area contributed by atoms with Crippen LogP contribution < -0.4 is 11.1 Å². The number of hydrogen-bond acceptors (Lipinski definition) is 3. The number of hydrogen-bond donors (Lipinski definition) is 2. The Bertz CT molecular complexity index is 363. The van der Waals surface area contributed by atoms with Gasteiger partial charge in [0.25, 0.3) is 0 Å². The maximum Gasteiger partial charge on any atom is 0.226 e. The number of nitrogens with two attached hydrogens (primary N) is 1. The molecule has 0 fully saturated rings. The van der Waals surface area contributed by atoms with E-state index in [1.54, 1.807) is 0 Å². The standard InChI is InChI=1S/C12H17FN2O2/c1-2-4-17-5-3-12(16)15-11-7-9(13)6-10(14)8-11/h6-8H,2-5,14H2,1H3,(H,15,16). The molecule has 1 rings (SSSR count). The Labute approximate surface area is 100.0 Å². The Morgan fingerprint density at radius 1 is 1.41 bits per heavy atom. The molecule has 0 aliphatic heterocycles. The lowest BCUT2D eigenvalue weighted by atomic mass is 10.2. The number of halogens is 1. The van der Waals surface area contributed by atoms with Gasteiger partial charge in [-0.05, 0) is 24.6 Å². The van der Waals surface area contributed by atoms with Gasteiger partial charge in [0.1, 0.15) is 5.82 Å². The Kier molecular flexibility index (Phi) is 5.42. The topological polar surface area (TPSA) is 64.3 Å². The van der Waals surface area contributed by atoms with Crippen molar-refractivity contribution in [2.45, 2.75) is 19.8 Å². The number of benzene rings is 1. The zero-order valence-corrected chi connectivity index (χ0v) is 9.83. The summed E-state index contributed by atoms with van der Waals surface area (Å²) in [6.45, 7) is 3.00. The molecular weight excluding hydrogens is 223 g/mol. The first-order valence-electron chi connectivity index (χ1n) is 5.55. The van der Waals surface area contributed by atoms with Crippen LogP contribution in [-0.4, -0.2) is 19.1 Å². The molecule has 94 valence electrons. The molecule has 0 heterocycles. The quantitative estimate of drug-likeness (QED) is 0.591. The zero-order chi connectivity index (χ0) is 12.7. The fourth-order valence-electron chi connectivity index (χ4n) is 1.32. The molecule has 0 aromatic heterocycles. The van der Waals surface area contributed by atoms with Gasteiger partial charge in [-0.15, -0.1) is 0 Å². The second kappa shape index (κ2) is 6.85. The van der Waals surface area contributed by atoms with Crippen LogP contribution in [0.4, 0.5) is 15.8 Å². The number of nitrogen functional groups attached to an aromatic ring is 1. The number of anilines is 2. The van der Waals surface area contributed by atoms with Gasteiger partial charge in [-0.25, -0.2) is 4.39 Å². The Morgan fingerprint density at radius 3 is 2.82 bits per heavy atom. The van der Waals surface area contributed by atoms with Crippen molar-refractivity contribution in [3.05, 3.63) is 24.0 Å². The SMILES string of the molecule is CCCOCCC(=O)Nc1cc(N)cc(F)c1. The van der Waals surface area contributed by atoms with Crippen molar-refractivity contribution in [3.8, 4) is 0 Å².